The lowest BCUT2D eigenvalue weighted by atomic mass is 10.0. The summed E-state index contributed by atoms with van der Waals surface area (Å²) < 4.78 is 5.71. The Morgan fingerprint density at radius 1 is 1.17 bits per heavy atom. The number of terminal acetylenes is 1. The van der Waals surface area contributed by atoms with Gasteiger partial charge in [-0.1, -0.05) is 53.9 Å². The minimum Gasteiger partial charge on any atom is -0.480 e. The van der Waals surface area contributed by atoms with E-state index in [2.05, 4.69) is 16.2 Å². The van der Waals surface area contributed by atoms with E-state index in [-0.39, 0.29) is 12.5 Å². The molecule has 4 rings (SSSR count). The summed E-state index contributed by atoms with van der Waals surface area (Å²) in [7, 11) is 0. The highest BCUT2D eigenvalue weighted by atomic mass is 35.5. The predicted molar refractivity (Wildman–Crippen MR) is 121 cm³/mol. The molecular formula is C23H15ClN2O2S. The summed E-state index contributed by atoms with van der Waals surface area (Å²) in [5.74, 6) is 2.89. The zero-order valence-corrected chi connectivity index (χ0v) is 16.8. The molecule has 1 heterocycles. The first-order valence-corrected chi connectivity index (χ1v) is 9.96. The molecular weight excluding hydrogens is 404 g/mol. The zero-order chi connectivity index (χ0) is 20.2. The number of fused-ring (bicyclic) bond motifs is 1. The van der Waals surface area contributed by atoms with Crippen molar-refractivity contribution in [3.8, 4) is 18.1 Å². The SMILES string of the molecule is C#CCOc1ccc2ccccc2c1/C=C1\SC(=Nc2cccc(Cl)c2)NC1=O. The van der Waals surface area contributed by atoms with E-state index in [1.165, 1.54) is 11.8 Å². The number of thioether (sulfide) groups is 1. The number of benzene rings is 3. The molecule has 1 N–H and O–H groups in total. The van der Waals surface area contributed by atoms with Gasteiger partial charge in [-0.3, -0.25) is 4.79 Å². The van der Waals surface area contributed by atoms with Gasteiger partial charge in [-0.15, -0.1) is 6.42 Å². The Morgan fingerprint density at radius 2 is 2.03 bits per heavy atom. The summed E-state index contributed by atoms with van der Waals surface area (Å²) in [6.07, 6.45) is 7.16. The molecule has 0 atom stereocenters. The van der Waals surface area contributed by atoms with Crippen molar-refractivity contribution in [2.45, 2.75) is 0 Å². The van der Waals surface area contributed by atoms with Gasteiger partial charge in [0.05, 0.1) is 10.6 Å². The molecule has 142 valence electrons. The molecule has 1 aliphatic rings. The molecule has 0 aromatic heterocycles. The fraction of sp³-hybridized carbons (Fsp3) is 0.0435. The van der Waals surface area contributed by atoms with Gasteiger partial charge >= 0.3 is 0 Å². The van der Waals surface area contributed by atoms with Crippen molar-refractivity contribution in [3.05, 3.63) is 76.2 Å². The third-order valence-corrected chi connectivity index (χ3v) is 5.35. The van der Waals surface area contributed by atoms with E-state index in [9.17, 15) is 4.79 Å². The number of amides is 1. The Balaban J connectivity index is 1.73. The van der Waals surface area contributed by atoms with Crippen LogP contribution >= 0.6 is 23.4 Å². The summed E-state index contributed by atoms with van der Waals surface area (Å²) >= 11 is 7.27. The number of hydrogen-bond donors (Lipinski definition) is 1. The van der Waals surface area contributed by atoms with Crippen LogP contribution < -0.4 is 10.1 Å². The topological polar surface area (TPSA) is 50.7 Å². The lowest BCUT2D eigenvalue weighted by Crippen LogP contribution is -2.19. The second-order valence-corrected chi connectivity index (χ2v) is 7.62. The van der Waals surface area contributed by atoms with Crippen molar-refractivity contribution < 1.29 is 9.53 Å². The summed E-state index contributed by atoms with van der Waals surface area (Å²) in [6, 6.07) is 18.9. The third-order valence-electron chi connectivity index (χ3n) is 4.21. The van der Waals surface area contributed by atoms with Gasteiger partial charge in [-0.2, -0.15) is 0 Å². The summed E-state index contributed by atoms with van der Waals surface area (Å²) in [5, 5.41) is 5.89. The van der Waals surface area contributed by atoms with Crippen molar-refractivity contribution in [2.24, 2.45) is 4.99 Å². The minimum absolute atomic E-state index is 0.148. The van der Waals surface area contributed by atoms with Crippen LogP contribution in [0.1, 0.15) is 5.56 Å². The Labute approximate surface area is 177 Å². The molecule has 1 fully saturated rings. The fourth-order valence-corrected chi connectivity index (χ4v) is 3.95. The van der Waals surface area contributed by atoms with E-state index in [0.29, 0.717) is 26.5 Å². The van der Waals surface area contributed by atoms with Gasteiger partial charge in [0.2, 0.25) is 0 Å². The standard InChI is InChI=1S/C23H15ClN2O2S/c1-2-12-28-20-11-10-15-6-3-4-9-18(15)19(20)14-21-22(27)26-23(29-21)25-17-8-5-7-16(24)13-17/h1,3-11,13-14H,12H2,(H,25,26,27)/b21-14-. The Hall–Kier alpha value is -3.20. The molecule has 0 bridgehead atoms. The molecule has 4 nitrogen and oxygen atoms in total. The van der Waals surface area contributed by atoms with Crippen LogP contribution in [0.3, 0.4) is 0 Å². The van der Waals surface area contributed by atoms with Crippen molar-refractivity contribution in [2.75, 3.05) is 6.61 Å². The number of nitrogens with one attached hydrogen (secondary N) is 1. The first-order chi connectivity index (χ1) is 14.1. The van der Waals surface area contributed by atoms with Gasteiger partial charge in [-0.25, -0.2) is 4.99 Å². The molecule has 0 aliphatic carbocycles. The number of amidine groups is 1. The molecule has 0 saturated carbocycles. The smallest absolute Gasteiger partial charge is 0.264 e. The number of hydrogen-bond acceptors (Lipinski definition) is 4. The Morgan fingerprint density at radius 3 is 2.86 bits per heavy atom. The highest BCUT2D eigenvalue weighted by molar-refractivity contribution is 8.18. The molecule has 1 aliphatic heterocycles. The second-order valence-electron chi connectivity index (χ2n) is 6.15. The van der Waals surface area contributed by atoms with Crippen LogP contribution in [-0.4, -0.2) is 17.7 Å². The average molecular weight is 419 g/mol. The summed E-state index contributed by atoms with van der Waals surface area (Å²) in [6.45, 7) is 0.148. The predicted octanol–water partition coefficient (Wildman–Crippen LogP) is 5.40. The number of ether oxygens (including phenoxy) is 1. The Kier molecular flexibility index (Phi) is 5.57. The van der Waals surface area contributed by atoms with Crippen LogP contribution in [0.15, 0.2) is 70.6 Å². The molecule has 0 unspecified atom stereocenters. The minimum atomic E-state index is -0.216. The van der Waals surface area contributed by atoms with E-state index >= 15 is 0 Å². The number of nitrogens with zero attached hydrogens (tertiary/aromatic N) is 1. The number of carbonyl (C=O) groups is 1. The van der Waals surface area contributed by atoms with Crippen LogP contribution in [0.5, 0.6) is 5.75 Å². The molecule has 29 heavy (non-hydrogen) atoms. The van der Waals surface area contributed by atoms with Crippen molar-refractivity contribution >= 4 is 57.0 Å². The van der Waals surface area contributed by atoms with E-state index in [0.717, 1.165) is 16.3 Å². The lowest BCUT2D eigenvalue weighted by Gasteiger charge is -2.10. The largest absolute Gasteiger partial charge is 0.480 e. The number of rotatable bonds is 4. The van der Waals surface area contributed by atoms with Crippen molar-refractivity contribution in [1.82, 2.24) is 5.32 Å². The van der Waals surface area contributed by atoms with Gasteiger partial charge in [0.1, 0.15) is 12.4 Å². The maximum Gasteiger partial charge on any atom is 0.264 e. The molecule has 3 aromatic rings. The molecule has 1 saturated heterocycles. The molecule has 0 radical (unpaired) electrons. The zero-order valence-electron chi connectivity index (χ0n) is 15.2. The van der Waals surface area contributed by atoms with Crippen LogP contribution in [0.2, 0.25) is 5.02 Å². The number of carbonyl (C=O) groups excluding carboxylic acids is 1. The fourth-order valence-electron chi connectivity index (χ4n) is 2.94. The van der Waals surface area contributed by atoms with E-state index in [1.54, 1.807) is 12.1 Å². The van der Waals surface area contributed by atoms with Gasteiger partial charge in [0, 0.05) is 10.6 Å². The van der Waals surface area contributed by atoms with E-state index < -0.39 is 0 Å². The normalized spacial score (nSPS) is 16.2. The first kappa shape index (κ1) is 19.1. The summed E-state index contributed by atoms with van der Waals surface area (Å²) in [4.78, 5) is 17.5. The van der Waals surface area contributed by atoms with Gasteiger partial charge < -0.3 is 10.1 Å². The van der Waals surface area contributed by atoms with Gasteiger partial charge in [-0.05, 0) is 52.9 Å². The number of aliphatic imine (C=N–C) groups is 1. The average Bonchev–Trinajstić information content (AvgIpc) is 3.06. The van der Waals surface area contributed by atoms with Crippen molar-refractivity contribution in [1.29, 1.82) is 0 Å². The molecule has 0 spiro atoms. The van der Waals surface area contributed by atoms with Crippen LogP contribution in [0, 0.1) is 12.3 Å². The molecule has 3 aromatic carbocycles. The lowest BCUT2D eigenvalue weighted by molar-refractivity contribution is -0.115. The van der Waals surface area contributed by atoms with Gasteiger partial charge in [0.25, 0.3) is 5.91 Å². The quantitative estimate of drug-likeness (QED) is 0.456. The summed E-state index contributed by atoms with van der Waals surface area (Å²) in [5.41, 5.74) is 1.48. The molecule has 6 heteroatoms. The van der Waals surface area contributed by atoms with Crippen LogP contribution in [-0.2, 0) is 4.79 Å². The number of halogens is 1. The van der Waals surface area contributed by atoms with E-state index in [4.69, 9.17) is 22.8 Å². The maximum atomic E-state index is 12.5. The second kappa shape index (κ2) is 8.44. The first-order valence-electron chi connectivity index (χ1n) is 8.77. The van der Waals surface area contributed by atoms with Gasteiger partial charge in [0.15, 0.2) is 5.17 Å². The third kappa shape index (κ3) is 4.29. The van der Waals surface area contributed by atoms with Crippen LogP contribution in [0.25, 0.3) is 16.8 Å². The van der Waals surface area contributed by atoms with E-state index in [1.807, 2.05) is 54.6 Å². The van der Waals surface area contributed by atoms with Crippen molar-refractivity contribution in [3.63, 3.8) is 0 Å². The van der Waals surface area contributed by atoms with Crippen LogP contribution in [0.4, 0.5) is 5.69 Å². The highest BCUT2D eigenvalue weighted by Gasteiger charge is 2.24. The maximum absolute atomic E-state index is 12.5. The highest BCUT2D eigenvalue weighted by Crippen LogP contribution is 2.34. The molecule has 1 amide bonds. The monoisotopic (exact) mass is 418 g/mol. The Bertz CT molecular complexity index is 1210.